The molecule has 76 valence electrons. The van der Waals surface area contributed by atoms with Gasteiger partial charge in [0.05, 0.1) is 0 Å². The monoisotopic (exact) mass is 218 g/mol. The smallest absolute Gasteiger partial charge is 0.139 e. The molecule has 0 saturated carbocycles. The molecule has 0 aliphatic rings. The highest BCUT2D eigenvalue weighted by atomic mass is 32.2. The van der Waals surface area contributed by atoms with Crippen LogP contribution in [0.3, 0.4) is 0 Å². The Morgan fingerprint density at radius 3 is 2.00 bits per heavy atom. The van der Waals surface area contributed by atoms with Crippen LogP contribution < -0.4 is 0 Å². The van der Waals surface area contributed by atoms with E-state index >= 15 is 0 Å². The molecule has 0 nitrogen and oxygen atoms in total. The SMILES string of the molecule is FCSc1ccc(-c2ccccc2)cc1. The fourth-order valence-electron chi connectivity index (χ4n) is 1.44. The summed E-state index contributed by atoms with van der Waals surface area (Å²) in [6.45, 7) is 0. The Morgan fingerprint density at radius 1 is 0.800 bits per heavy atom. The molecule has 2 aromatic carbocycles. The van der Waals surface area contributed by atoms with Gasteiger partial charge in [-0.2, -0.15) is 0 Å². The molecule has 0 amide bonds. The van der Waals surface area contributed by atoms with Crippen LogP contribution in [0, 0.1) is 0 Å². The molecule has 0 fully saturated rings. The van der Waals surface area contributed by atoms with Crippen LogP contribution in [-0.4, -0.2) is 6.01 Å². The Labute approximate surface area is 93.1 Å². The number of hydrogen-bond donors (Lipinski definition) is 0. The van der Waals surface area contributed by atoms with E-state index in [1.807, 2.05) is 42.5 Å². The molecule has 0 aliphatic carbocycles. The molecule has 0 heterocycles. The highest BCUT2D eigenvalue weighted by Crippen LogP contribution is 2.23. The lowest BCUT2D eigenvalue weighted by Gasteiger charge is -2.02. The molecule has 0 unspecified atom stereocenters. The first-order chi connectivity index (χ1) is 7.40. The van der Waals surface area contributed by atoms with E-state index in [-0.39, 0.29) is 6.01 Å². The maximum Gasteiger partial charge on any atom is 0.139 e. The second-order valence-electron chi connectivity index (χ2n) is 3.14. The molecule has 2 heteroatoms. The summed E-state index contributed by atoms with van der Waals surface area (Å²) in [5.41, 5.74) is 2.35. The van der Waals surface area contributed by atoms with Crippen molar-refractivity contribution in [3.63, 3.8) is 0 Å². The van der Waals surface area contributed by atoms with Crippen molar-refractivity contribution >= 4 is 11.8 Å². The molecule has 0 atom stereocenters. The van der Waals surface area contributed by atoms with Crippen molar-refractivity contribution in [2.45, 2.75) is 4.90 Å². The summed E-state index contributed by atoms with van der Waals surface area (Å²) in [5, 5.41) is 0. The molecule has 0 spiro atoms. The van der Waals surface area contributed by atoms with Crippen LogP contribution >= 0.6 is 11.8 Å². The quantitative estimate of drug-likeness (QED) is 0.689. The zero-order chi connectivity index (χ0) is 10.5. The molecular weight excluding hydrogens is 207 g/mol. The lowest BCUT2D eigenvalue weighted by Crippen LogP contribution is -1.77. The summed E-state index contributed by atoms with van der Waals surface area (Å²) in [7, 11) is 0. The first-order valence-corrected chi connectivity index (χ1v) is 5.73. The van der Waals surface area contributed by atoms with Crippen molar-refractivity contribution in [2.75, 3.05) is 6.01 Å². The van der Waals surface area contributed by atoms with Gasteiger partial charge in [0.15, 0.2) is 0 Å². The van der Waals surface area contributed by atoms with E-state index in [1.165, 1.54) is 22.9 Å². The van der Waals surface area contributed by atoms with Crippen LogP contribution in [0.5, 0.6) is 0 Å². The second kappa shape index (κ2) is 4.99. The Kier molecular flexibility index (Phi) is 3.41. The molecule has 0 aliphatic heterocycles. The first-order valence-electron chi connectivity index (χ1n) is 4.74. The van der Waals surface area contributed by atoms with Gasteiger partial charge in [-0.1, -0.05) is 54.2 Å². The maximum atomic E-state index is 12.1. The Bertz CT molecular complexity index is 408. The highest BCUT2D eigenvalue weighted by Gasteiger charge is 1.97. The normalized spacial score (nSPS) is 10.2. The number of benzene rings is 2. The zero-order valence-electron chi connectivity index (χ0n) is 8.19. The van der Waals surface area contributed by atoms with Gasteiger partial charge in [-0.15, -0.1) is 0 Å². The largest absolute Gasteiger partial charge is 0.239 e. The van der Waals surface area contributed by atoms with Gasteiger partial charge in [-0.05, 0) is 23.3 Å². The summed E-state index contributed by atoms with van der Waals surface area (Å²) in [6.07, 6.45) is 0. The lowest BCUT2D eigenvalue weighted by molar-refractivity contribution is 0.605. The fraction of sp³-hybridized carbons (Fsp3) is 0.0769. The number of rotatable bonds is 3. The van der Waals surface area contributed by atoms with Gasteiger partial charge in [0.2, 0.25) is 0 Å². The summed E-state index contributed by atoms with van der Waals surface area (Å²) in [5.74, 6) is 0. The third kappa shape index (κ3) is 2.60. The predicted octanol–water partition coefficient (Wildman–Crippen LogP) is 4.37. The standard InChI is InChI=1S/C13H11FS/c14-10-15-13-8-6-12(7-9-13)11-4-2-1-3-5-11/h1-9H,10H2. The van der Waals surface area contributed by atoms with Crippen LogP contribution in [0.2, 0.25) is 0 Å². The van der Waals surface area contributed by atoms with Gasteiger partial charge in [-0.3, -0.25) is 0 Å². The van der Waals surface area contributed by atoms with E-state index < -0.39 is 0 Å². The molecule has 2 rings (SSSR count). The lowest BCUT2D eigenvalue weighted by atomic mass is 10.1. The third-order valence-corrected chi connectivity index (χ3v) is 2.90. The summed E-state index contributed by atoms with van der Waals surface area (Å²) in [4.78, 5) is 0.970. The van der Waals surface area contributed by atoms with Crippen molar-refractivity contribution in [3.8, 4) is 11.1 Å². The van der Waals surface area contributed by atoms with E-state index in [9.17, 15) is 4.39 Å². The van der Waals surface area contributed by atoms with E-state index in [1.54, 1.807) is 0 Å². The van der Waals surface area contributed by atoms with Gasteiger partial charge in [-0.25, -0.2) is 4.39 Å². The molecule has 0 N–H and O–H groups in total. The molecule has 0 aromatic heterocycles. The molecule has 0 saturated heterocycles. The summed E-state index contributed by atoms with van der Waals surface area (Å²) >= 11 is 1.21. The summed E-state index contributed by atoms with van der Waals surface area (Å²) in [6, 6.07) is 17.7. The van der Waals surface area contributed by atoms with E-state index in [0.717, 1.165) is 4.90 Å². The van der Waals surface area contributed by atoms with Crippen LogP contribution in [0.4, 0.5) is 4.39 Å². The molecular formula is C13H11FS. The summed E-state index contributed by atoms with van der Waals surface area (Å²) < 4.78 is 12.1. The highest BCUT2D eigenvalue weighted by molar-refractivity contribution is 7.99. The first kappa shape index (κ1) is 10.2. The molecule has 15 heavy (non-hydrogen) atoms. The van der Waals surface area contributed by atoms with E-state index in [2.05, 4.69) is 12.1 Å². The van der Waals surface area contributed by atoms with Gasteiger partial charge in [0.1, 0.15) is 6.01 Å². The van der Waals surface area contributed by atoms with Crippen molar-refractivity contribution in [3.05, 3.63) is 54.6 Å². The van der Waals surface area contributed by atoms with Crippen molar-refractivity contribution in [1.82, 2.24) is 0 Å². The maximum absolute atomic E-state index is 12.1. The number of alkyl halides is 1. The van der Waals surface area contributed by atoms with E-state index in [0.29, 0.717) is 0 Å². The number of thioether (sulfide) groups is 1. The van der Waals surface area contributed by atoms with Crippen LogP contribution in [0.15, 0.2) is 59.5 Å². The Balaban J connectivity index is 2.24. The van der Waals surface area contributed by atoms with Gasteiger partial charge in [0.25, 0.3) is 0 Å². The minimum atomic E-state index is -0.370. The van der Waals surface area contributed by atoms with Crippen LogP contribution in [-0.2, 0) is 0 Å². The molecule has 0 radical (unpaired) electrons. The average molecular weight is 218 g/mol. The minimum Gasteiger partial charge on any atom is -0.239 e. The second-order valence-corrected chi connectivity index (χ2v) is 4.12. The fourth-order valence-corrected chi connectivity index (χ4v) is 1.89. The van der Waals surface area contributed by atoms with Crippen molar-refractivity contribution in [1.29, 1.82) is 0 Å². The van der Waals surface area contributed by atoms with E-state index in [4.69, 9.17) is 0 Å². The third-order valence-electron chi connectivity index (χ3n) is 2.18. The Morgan fingerprint density at radius 2 is 1.40 bits per heavy atom. The predicted molar refractivity (Wildman–Crippen MR) is 63.7 cm³/mol. The Hall–Kier alpha value is -1.28. The zero-order valence-corrected chi connectivity index (χ0v) is 9.01. The van der Waals surface area contributed by atoms with Crippen molar-refractivity contribution in [2.24, 2.45) is 0 Å². The minimum absolute atomic E-state index is 0.370. The van der Waals surface area contributed by atoms with Crippen LogP contribution in [0.25, 0.3) is 11.1 Å². The van der Waals surface area contributed by atoms with Crippen molar-refractivity contribution < 1.29 is 4.39 Å². The molecule has 0 bridgehead atoms. The topological polar surface area (TPSA) is 0 Å². The van der Waals surface area contributed by atoms with Gasteiger partial charge >= 0.3 is 0 Å². The molecule has 2 aromatic rings. The van der Waals surface area contributed by atoms with Gasteiger partial charge in [0, 0.05) is 4.90 Å². The van der Waals surface area contributed by atoms with Gasteiger partial charge < -0.3 is 0 Å². The average Bonchev–Trinajstić information content (AvgIpc) is 2.32. The van der Waals surface area contributed by atoms with Crippen LogP contribution in [0.1, 0.15) is 0 Å². The number of hydrogen-bond acceptors (Lipinski definition) is 1. The number of halogens is 1.